The Bertz CT molecular complexity index is 1400. The Hall–Kier alpha value is -2.35. The van der Waals surface area contributed by atoms with E-state index in [0.717, 1.165) is 0 Å². The van der Waals surface area contributed by atoms with Gasteiger partial charge in [0.15, 0.2) is 5.60 Å². The van der Waals surface area contributed by atoms with Gasteiger partial charge in [-0.2, -0.15) is 0 Å². The van der Waals surface area contributed by atoms with Crippen molar-refractivity contribution in [1.82, 2.24) is 0 Å². The lowest BCUT2D eigenvalue weighted by Crippen LogP contribution is -2.93. The van der Waals surface area contributed by atoms with E-state index in [1.54, 1.807) is 13.0 Å². The molecule has 4 bridgehead atoms. The molecule has 3 heterocycles. The average Bonchev–Trinajstić information content (AvgIpc) is 3.64. The lowest BCUT2D eigenvalue weighted by Gasteiger charge is -2.76. The van der Waals surface area contributed by atoms with Crippen LogP contribution in [-0.4, -0.2) is 81.2 Å². The maximum Gasteiger partial charge on any atom is 0.305 e. The summed E-state index contributed by atoms with van der Waals surface area (Å²) in [6.45, 7) is 8.35. The van der Waals surface area contributed by atoms with Crippen LogP contribution in [0.4, 0.5) is 0 Å². The fourth-order valence-electron chi connectivity index (χ4n) is 11.7. The largest absolute Gasteiger partial charge is 0.472 e. The molecule has 4 saturated carbocycles. The van der Waals surface area contributed by atoms with Crippen LogP contribution < -0.4 is 0 Å². The molecule has 1 aromatic rings. The van der Waals surface area contributed by atoms with E-state index in [2.05, 4.69) is 0 Å². The summed E-state index contributed by atoms with van der Waals surface area (Å²) < 4.78 is 36.7. The first-order valence-electron chi connectivity index (χ1n) is 14.9. The first-order valence-corrected chi connectivity index (χ1v) is 14.9. The molecule has 13 unspecified atom stereocenters. The number of carbonyl (C=O) groups is 3. The van der Waals surface area contributed by atoms with Gasteiger partial charge in [-0.05, 0) is 31.2 Å². The van der Waals surface area contributed by atoms with Gasteiger partial charge < -0.3 is 48.2 Å². The second kappa shape index (κ2) is 8.27. The molecule has 13 atom stereocenters. The van der Waals surface area contributed by atoms with E-state index in [-0.39, 0.29) is 25.7 Å². The number of methoxy groups -OCH3 is 1. The van der Waals surface area contributed by atoms with Gasteiger partial charge in [0.25, 0.3) is 5.97 Å². The Labute approximate surface area is 248 Å². The Balaban J connectivity index is 1.54. The number of hydrogen-bond donors (Lipinski definition) is 3. The van der Waals surface area contributed by atoms with Crippen molar-refractivity contribution in [1.29, 1.82) is 0 Å². The van der Waals surface area contributed by atoms with Crippen molar-refractivity contribution in [3.05, 3.63) is 24.2 Å². The molecule has 0 amide bonds. The van der Waals surface area contributed by atoms with Gasteiger partial charge in [-0.25, -0.2) is 0 Å². The fraction of sp³-hybridized carbons (Fsp3) is 0.774. The standard InChI is InChI=1S/C31H40O12/c1-16(33)40-23-25(3)15-29-26(4,19(25)13-20(34)38-6)28-10-9-24(2,21(35)17-8-12-39-14-17)18(7-11-32)31(28,22(36)30(23,29)37)43-27(5,41-28)42-29/h8,11-12,14,18-19,21-23,35-37H,7,9-10,13,15H2,1-6H3. The van der Waals surface area contributed by atoms with Gasteiger partial charge in [-0.1, -0.05) is 20.8 Å². The zero-order valence-electron chi connectivity index (χ0n) is 25.2. The van der Waals surface area contributed by atoms with Crippen LogP contribution in [0.15, 0.2) is 23.0 Å². The van der Waals surface area contributed by atoms with Crippen LogP contribution in [0.3, 0.4) is 0 Å². The quantitative estimate of drug-likeness (QED) is 0.306. The molecular formula is C31H40O12. The Morgan fingerprint density at radius 3 is 2.42 bits per heavy atom. The Morgan fingerprint density at radius 2 is 1.81 bits per heavy atom. The number of rotatable bonds is 7. The van der Waals surface area contributed by atoms with E-state index >= 15 is 0 Å². The van der Waals surface area contributed by atoms with Crippen molar-refractivity contribution in [3.8, 4) is 0 Å². The normalized spacial score (nSPS) is 54.3. The van der Waals surface area contributed by atoms with Crippen LogP contribution in [0.25, 0.3) is 0 Å². The number of ether oxygens (including phenoxy) is 5. The van der Waals surface area contributed by atoms with E-state index in [4.69, 9.17) is 28.1 Å². The summed E-state index contributed by atoms with van der Waals surface area (Å²) >= 11 is 0. The third kappa shape index (κ3) is 2.76. The van der Waals surface area contributed by atoms with E-state index < -0.39 is 86.7 Å². The van der Waals surface area contributed by atoms with Crippen molar-refractivity contribution in [2.75, 3.05) is 7.11 Å². The minimum absolute atomic E-state index is 0.107. The van der Waals surface area contributed by atoms with Gasteiger partial charge >= 0.3 is 11.9 Å². The highest BCUT2D eigenvalue weighted by Crippen LogP contribution is 2.89. The highest BCUT2D eigenvalue weighted by atomic mass is 16.9. The second-order valence-corrected chi connectivity index (χ2v) is 14.5. The molecule has 2 aliphatic heterocycles. The number of aldehydes is 1. The van der Waals surface area contributed by atoms with Gasteiger partial charge in [-0.3, -0.25) is 9.59 Å². The van der Waals surface area contributed by atoms with Crippen molar-refractivity contribution in [2.45, 2.75) is 113 Å². The molecule has 12 heteroatoms. The molecule has 6 fully saturated rings. The minimum Gasteiger partial charge on any atom is -0.472 e. The number of esters is 2. The molecule has 3 N–H and O–H groups in total. The molecule has 6 aliphatic rings. The number of aliphatic hydroxyl groups excluding tert-OH is 2. The fourth-order valence-corrected chi connectivity index (χ4v) is 11.7. The molecule has 12 nitrogen and oxygen atoms in total. The Morgan fingerprint density at radius 1 is 1.12 bits per heavy atom. The van der Waals surface area contributed by atoms with Crippen molar-refractivity contribution < 1.29 is 57.8 Å². The molecule has 0 radical (unpaired) electrons. The minimum atomic E-state index is -2.24. The smallest absolute Gasteiger partial charge is 0.305 e. The molecular weight excluding hydrogens is 564 g/mol. The topological polar surface area (TPSA) is 171 Å². The summed E-state index contributed by atoms with van der Waals surface area (Å²) in [5.74, 6) is -4.52. The van der Waals surface area contributed by atoms with Gasteiger partial charge in [-0.15, -0.1) is 0 Å². The number of furan rings is 1. The van der Waals surface area contributed by atoms with Gasteiger partial charge in [0.05, 0.1) is 25.7 Å². The van der Waals surface area contributed by atoms with Crippen LogP contribution in [0, 0.1) is 28.1 Å². The van der Waals surface area contributed by atoms with Gasteiger partial charge in [0.2, 0.25) is 0 Å². The van der Waals surface area contributed by atoms with Crippen molar-refractivity contribution in [2.24, 2.45) is 28.1 Å². The summed E-state index contributed by atoms with van der Waals surface area (Å²) in [5.41, 5.74) is -9.93. The predicted octanol–water partition coefficient (Wildman–Crippen LogP) is 1.93. The zero-order chi connectivity index (χ0) is 31.2. The summed E-state index contributed by atoms with van der Waals surface area (Å²) in [6, 6.07) is 1.64. The summed E-state index contributed by atoms with van der Waals surface area (Å²) in [4.78, 5) is 38.1. The van der Waals surface area contributed by atoms with Crippen LogP contribution in [-0.2, 0) is 38.1 Å². The molecule has 0 aromatic carbocycles. The summed E-state index contributed by atoms with van der Waals surface area (Å²) in [7, 11) is 1.29. The average molecular weight is 605 g/mol. The highest BCUT2D eigenvalue weighted by molar-refractivity contribution is 5.71. The molecule has 4 aliphatic carbocycles. The molecule has 7 rings (SSSR count). The first-order chi connectivity index (χ1) is 20.0. The van der Waals surface area contributed by atoms with E-state index in [1.807, 2.05) is 20.8 Å². The van der Waals surface area contributed by atoms with Gasteiger partial charge in [0.1, 0.15) is 35.3 Å². The van der Waals surface area contributed by atoms with E-state index in [1.165, 1.54) is 26.6 Å². The highest BCUT2D eigenvalue weighted by Gasteiger charge is 3.03. The summed E-state index contributed by atoms with van der Waals surface area (Å²) in [6.07, 6.45) is -0.216. The van der Waals surface area contributed by atoms with Crippen LogP contribution >= 0.6 is 0 Å². The Kier molecular flexibility index (Phi) is 5.64. The van der Waals surface area contributed by atoms with Crippen LogP contribution in [0.5, 0.6) is 0 Å². The van der Waals surface area contributed by atoms with Crippen LogP contribution in [0.1, 0.15) is 78.4 Å². The monoisotopic (exact) mass is 604 g/mol. The third-order valence-electron chi connectivity index (χ3n) is 13.0. The second-order valence-electron chi connectivity index (χ2n) is 14.5. The summed E-state index contributed by atoms with van der Waals surface area (Å²) in [5, 5.41) is 37.7. The maximum absolute atomic E-state index is 13.1. The number of aliphatic hydroxyl groups is 3. The lowest BCUT2D eigenvalue weighted by molar-refractivity contribution is -0.478. The van der Waals surface area contributed by atoms with Gasteiger partial charge in [0, 0.05) is 54.4 Å². The molecule has 43 heavy (non-hydrogen) atoms. The number of fused-ring (bicyclic) bond motifs is 2. The van der Waals surface area contributed by atoms with E-state index in [9.17, 15) is 29.7 Å². The lowest BCUT2D eigenvalue weighted by atomic mass is 9.33. The maximum atomic E-state index is 13.1. The molecule has 1 aromatic heterocycles. The SMILES string of the molecule is COC(=O)CC1C2(C)CC34OC5(C)OC6(C(CC=O)C(C)(C(O)c7ccoc7)CCC6(O5)C13C)C(O)C4(O)C2OC(C)=O. The number of carbonyl (C=O) groups excluding carboxylic acids is 3. The first kappa shape index (κ1) is 29.4. The molecule has 236 valence electrons. The molecule has 2 spiro atoms. The zero-order valence-corrected chi connectivity index (χ0v) is 25.2. The molecule has 2 saturated heterocycles. The van der Waals surface area contributed by atoms with Crippen molar-refractivity contribution in [3.63, 3.8) is 0 Å². The predicted molar refractivity (Wildman–Crippen MR) is 142 cm³/mol. The third-order valence-corrected chi connectivity index (χ3v) is 13.0. The van der Waals surface area contributed by atoms with Crippen molar-refractivity contribution >= 4 is 18.2 Å². The van der Waals surface area contributed by atoms with E-state index in [0.29, 0.717) is 18.3 Å². The van der Waals surface area contributed by atoms with Crippen LogP contribution in [0.2, 0.25) is 0 Å². The number of hydrogen-bond acceptors (Lipinski definition) is 12.